The van der Waals surface area contributed by atoms with Gasteiger partial charge in [0.25, 0.3) is 0 Å². The first-order valence-corrected chi connectivity index (χ1v) is 6.55. The summed E-state index contributed by atoms with van der Waals surface area (Å²) in [7, 11) is 2.95. The van der Waals surface area contributed by atoms with Crippen molar-refractivity contribution in [2.45, 2.75) is 0 Å². The second kappa shape index (κ2) is 5.85. The Balaban J connectivity index is 1.87. The number of carbonyl (C=O) groups excluding carboxylic acids is 1. The average molecular weight is 302 g/mol. The maximum absolute atomic E-state index is 11.3. The smallest absolute Gasteiger partial charge is 0.340 e. The molecule has 22 heavy (non-hydrogen) atoms. The third kappa shape index (κ3) is 2.63. The second-order valence-corrected chi connectivity index (χ2v) is 4.48. The molecule has 2 aliphatic rings. The summed E-state index contributed by atoms with van der Waals surface area (Å²) in [6, 6.07) is 5.57. The number of hydrogen-bond donors (Lipinski definition) is 0. The number of methoxy groups -OCH3 is 2. The lowest BCUT2D eigenvalue weighted by atomic mass is 10.2. The summed E-state index contributed by atoms with van der Waals surface area (Å²) in [6.45, 7) is 0.230. The average Bonchev–Trinajstić information content (AvgIpc) is 3.13. The molecule has 2 heterocycles. The molecule has 6 heteroatoms. The zero-order valence-electron chi connectivity index (χ0n) is 12.1. The van der Waals surface area contributed by atoms with E-state index in [9.17, 15) is 4.79 Å². The molecule has 0 N–H and O–H groups in total. The molecule has 3 rings (SSSR count). The Morgan fingerprint density at radius 3 is 2.82 bits per heavy atom. The number of rotatable bonds is 4. The van der Waals surface area contributed by atoms with Crippen LogP contribution in [0.4, 0.5) is 0 Å². The first kappa shape index (κ1) is 14.1. The highest BCUT2D eigenvalue weighted by Crippen LogP contribution is 2.33. The fraction of sp³-hybridized carbons (Fsp3) is 0.188. The van der Waals surface area contributed by atoms with Crippen LogP contribution in [0, 0.1) is 0 Å². The highest BCUT2D eigenvalue weighted by atomic mass is 16.7. The minimum absolute atomic E-state index is 0.230. The third-order valence-corrected chi connectivity index (χ3v) is 3.16. The Labute approximate surface area is 127 Å². The van der Waals surface area contributed by atoms with Crippen molar-refractivity contribution in [3.8, 4) is 11.5 Å². The molecule has 0 saturated heterocycles. The van der Waals surface area contributed by atoms with E-state index in [0.717, 1.165) is 11.3 Å². The summed E-state index contributed by atoms with van der Waals surface area (Å²) in [4.78, 5) is 11.3. The van der Waals surface area contributed by atoms with Crippen LogP contribution in [0.2, 0.25) is 0 Å². The van der Waals surface area contributed by atoms with E-state index in [-0.39, 0.29) is 12.6 Å². The summed E-state index contributed by atoms with van der Waals surface area (Å²) in [5.74, 6) is 1.90. The van der Waals surface area contributed by atoms with Gasteiger partial charge in [0.2, 0.25) is 12.6 Å². The van der Waals surface area contributed by atoms with Crippen LogP contribution in [0.25, 0.3) is 6.08 Å². The van der Waals surface area contributed by atoms with E-state index in [1.807, 2.05) is 24.3 Å². The molecule has 0 aromatic heterocycles. The first-order chi connectivity index (χ1) is 10.7. The van der Waals surface area contributed by atoms with E-state index in [1.165, 1.54) is 20.3 Å². The van der Waals surface area contributed by atoms with Crippen LogP contribution in [-0.2, 0) is 19.0 Å². The van der Waals surface area contributed by atoms with Crippen LogP contribution >= 0.6 is 0 Å². The Kier molecular flexibility index (Phi) is 3.74. The molecular weight excluding hydrogens is 288 g/mol. The molecule has 1 aromatic rings. The van der Waals surface area contributed by atoms with Gasteiger partial charge in [-0.25, -0.2) is 4.79 Å². The molecule has 0 aliphatic carbocycles. The second-order valence-electron chi connectivity index (χ2n) is 4.48. The lowest BCUT2D eigenvalue weighted by Crippen LogP contribution is -1.98. The maximum atomic E-state index is 11.3. The van der Waals surface area contributed by atoms with Gasteiger partial charge >= 0.3 is 5.97 Å². The molecule has 0 saturated carbocycles. The molecule has 0 spiro atoms. The molecule has 2 aliphatic heterocycles. The predicted molar refractivity (Wildman–Crippen MR) is 76.8 cm³/mol. The number of hydrogen-bond acceptors (Lipinski definition) is 6. The van der Waals surface area contributed by atoms with Gasteiger partial charge in [-0.15, -0.1) is 0 Å². The van der Waals surface area contributed by atoms with Crippen LogP contribution in [0.5, 0.6) is 11.5 Å². The van der Waals surface area contributed by atoms with E-state index in [1.54, 1.807) is 6.08 Å². The Bertz CT molecular complexity index is 699. The van der Waals surface area contributed by atoms with Crippen LogP contribution in [0.15, 0.2) is 47.6 Å². The molecule has 0 fully saturated rings. The lowest BCUT2D eigenvalue weighted by Gasteiger charge is -2.07. The van der Waals surface area contributed by atoms with Gasteiger partial charge in [0.1, 0.15) is 0 Å². The summed E-state index contributed by atoms with van der Waals surface area (Å²) < 4.78 is 26.0. The van der Waals surface area contributed by atoms with Gasteiger partial charge in [-0.3, -0.25) is 0 Å². The molecular formula is C16H14O6. The normalized spacial score (nSPS) is 18.3. The Morgan fingerprint density at radius 2 is 2.05 bits per heavy atom. The van der Waals surface area contributed by atoms with Gasteiger partial charge in [0.15, 0.2) is 23.0 Å². The number of allylic oxidation sites excluding steroid dienone is 1. The molecule has 1 aromatic carbocycles. The molecule has 0 radical (unpaired) electrons. The van der Waals surface area contributed by atoms with Crippen molar-refractivity contribution >= 4 is 12.0 Å². The number of esters is 1. The standard InChI is InChI=1S/C16H14O6/c1-18-12(16-14(19-2)8-15(17)22-16)6-4-10-3-5-11-13(7-10)21-9-20-11/h3-8H,9H2,1-2H3. The quantitative estimate of drug-likeness (QED) is 0.628. The van der Waals surface area contributed by atoms with Crippen molar-refractivity contribution in [1.29, 1.82) is 0 Å². The van der Waals surface area contributed by atoms with Crippen LogP contribution < -0.4 is 9.47 Å². The molecule has 6 nitrogen and oxygen atoms in total. The fourth-order valence-electron chi connectivity index (χ4n) is 2.10. The summed E-state index contributed by atoms with van der Waals surface area (Å²) in [5.41, 5.74) is 0.895. The molecule has 114 valence electrons. The van der Waals surface area contributed by atoms with Crippen LogP contribution in [-0.4, -0.2) is 27.0 Å². The van der Waals surface area contributed by atoms with E-state index in [0.29, 0.717) is 17.3 Å². The molecule has 0 atom stereocenters. The van der Waals surface area contributed by atoms with Crippen LogP contribution in [0.3, 0.4) is 0 Å². The number of cyclic esters (lactones) is 1. The Hall–Kier alpha value is -2.89. The van der Waals surface area contributed by atoms with Crippen molar-refractivity contribution in [3.63, 3.8) is 0 Å². The minimum Gasteiger partial charge on any atom is -0.493 e. The first-order valence-electron chi connectivity index (χ1n) is 6.55. The summed E-state index contributed by atoms with van der Waals surface area (Å²) in [6.07, 6.45) is 4.77. The fourth-order valence-corrected chi connectivity index (χ4v) is 2.10. The van der Waals surface area contributed by atoms with Gasteiger partial charge in [0.05, 0.1) is 20.3 Å². The SMILES string of the molecule is COC1=CC(=O)OC1=C(C=Cc1ccc2c(c1)OCO2)OC. The van der Waals surface area contributed by atoms with E-state index in [4.69, 9.17) is 23.7 Å². The van der Waals surface area contributed by atoms with Gasteiger partial charge in [-0.05, 0) is 23.8 Å². The van der Waals surface area contributed by atoms with Crippen molar-refractivity contribution in [1.82, 2.24) is 0 Å². The number of benzene rings is 1. The van der Waals surface area contributed by atoms with Gasteiger partial charge in [-0.1, -0.05) is 12.1 Å². The largest absolute Gasteiger partial charge is 0.493 e. The van der Waals surface area contributed by atoms with Gasteiger partial charge < -0.3 is 23.7 Å². The summed E-state index contributed by atoms with van der Waals surface area (Å²) >= 11 is 0. The number of ether oxygens (including phenoxy) is 5. The summed E-state index contributed by atoms with van der Waals surface area (Å²) in [5, 5.41) is 0. The molecule has 0 amide bonds. The van der Waals surface area contributed by atoms with Crippen molar-refractivity contribution in [2.24, 2.45) is 0 Å². The van der Waals surface area contributed by atoms with Crippen molar-refractivity contribution < 1.29 is 28.5 Å². The van der Waals surface area contributed by atoms with E-state index >= 15 is 0 Å². The molecule has 0 unspecified atom stereocenters. The Morgan fingerprint density at radius 1 is 1.23 bits per heavy atom. The zero-order valence-corrected chi connectivity index (χ0v) is 12.1. The minimum atomic E-state index is -0.488. The van der Waals surface area contributed by atoms with E-state index in [2.05, 4.69) is 0 Å². The lowest BCUT2D eigenvalue weighted by molar-refractivity contribution is -0.132. The predicted octanol–water partition coefficient (Wildman–Crippen LogP) is 2.37. The molecule has 0 bridgehead atoms. The zero-order chi connectivity index (χ0) is 15.5. The highest BCUT2D eigenvalue weighted by molar-refractivity contribution is 5.88. The van der Waals surface area contributed by atoms with Gasteiger partial charge in [-0.2, -0.15) is 0 Å². The van der Waals surface area contributed by atoms with Gasteiger partial charge in [0, 0.05) is 0 Å². The highest BCUT2D eigenvalue weighted by Gasteiger charge is 2.25. The number of fused-ring (bicyclic) bond motifs is 1. The van der Waals surface area contributed by atoms with Crippen molar-refractivity contribution in [2.75, 3.05) is 21.0 Å². The maximum Gasteiger partial charge on any atom is 0.340 e. The third-order valence-electron chi connectivity index (χ3n) is 3.16. The van der Waals surface area contributed by atoms with E-state index < -0.39 is 5.97 Å². The van der Waals surface area contributed by atoms with Crippen molar-refractivity contribution in [3.05, 3.63) is 53.2 Å². The topological polar surface area (TPSA) is 63.2 Å². The monoisotopic (exact) mass is 302 g/mol. The number of carbonyl (C=O) groups is 1. The van der Waals surface area contributed by atoms with Crippen LogP contribution in [0.1, 0.15) is 5.56 Å².